The van der Waals surface area contributed by atoms with Gasteiger partial charge in [-0.15, -0.1) is 0 Å². The molecule has 0 saturated heterocycles. The summed E-state index contributed by atoms with van der Waals surface area (Å²) in [4.78, 5) is 1.07. The molecule has 76 valence electrons. The molecule has 1 nitrogen and oxygen atoms in total. The van der Waals surface area contributed by atoms with E-state index < -0.39 is 0 Å². The summed E-state index contributed by atoms with van der Waals surface area (Å²) in [6.45, 7) is 5.75. The predicted molar refractivity (Wildman–Crippen MR) is 69.2 cm³/mol. The van der Waals surface area contributed by atoms with Crippen molar-refractivity contribution in [1.29, 1.82) is 0 Å². The van der Waals surface area contributed by atoms with Gasteiger partial charge in [-0.1, -0.05) is 42.2 Å². The Balaban J connectivity index is 3.07. The van der Waals surface area contributed by atoms with Gasteiger partial charge in [-0.05, 0) is 24.0 Å². The van der Waals surface area contributed by atoms with E-state index >= 15 is 0 Å². The molecule has 0 saturated carbocycles. The summed E-state index contributed by atoms with van der Waals surface area (Å²) >= 11 is 1.52. The van der Waals surface area contributed by atoms with Gasteiger partial charge in [-0.2, -0.15) is 0 Å². The van der Waals surface area contributed by atoms with Crippen molar-refractivity contribution in [3.63, 3.8) is 0 Å². The number of methoxy groups -OCH3 is 1. The van der Waals surface area contributed by atoms with E-state index in [9.17, 15) is 0 Å². The van der Waals surface area contributed by atoms with Gasteiger partial charge in [0, 0.05) is 4.88 Å². The minimum absolute atomic E-state index is 0.672. The van der Waals surface area contributed by atoms with Crippen molar-refractivity contribution in [2.75, 3.05) is 7.11 Å². The summed E-state index contributed by atoms with van der Waals surface area (Å²) in [5.41, 5.74) is 1.72. The Labute approximate surface area is 96.2 Å². The van der Waals surface area contributed by atoms with Crippen LogP contribution >= 0.6 is 11.3 Å². The average molecular weight is 216 g/mol. The van der Waals surface area contributed by atoms with Gasteiger partial charge in [0.05, 0.1) is 7.11 Å². The van der Waals surface area contributed by atoms with Gasteiger partial charge in [-0.25, -0.2) is 0 Å². The smallest absolute Gasteiger partial charge is 0.166 e. The lowest BCUT2D eigenvalue weighted by molar-refractivity contribution is 0.430. The first-order valence-electron chi connectivity index (χ1n) is 4.62. The van der Waals surface area contributed by atoms with Crippen LogP contribution in [-0.2, 0) is 0 Å². The molecule has 0 spiro atoms. The number of rotatable bonds is 4. The van der Waals surface area contributed by atoms with Crippen LogP contribution in [0.3, 0.4) is 0 Å². The van der Waals surface area contributed by atoms with Gasteiger partial charge in [0.25, 0.3) is 0 Å². The van der Waals surface area contributed by atoms with Crippen LogP contribution in [0, 0.1) is 0 Å². The Morgan fingerprint density at radius 3 is 2.80 bits per heavy atom. The highest BCUT2D eigenvalue weighted by Gasteiger charge is 2.06. The van der Waals surface area contributed by atoms with Crippen molar-refractivity contribution in [3.05, 3.63) is 41.8 Å². The van der Waals surface area contributed by atoms with E-state index in [1.165, 1.54) is 11.3 Å². The summed E-state index contributed by atoms with van der Waals surface area (Å²) in [5.74, 6) is 0. The Morgan fingerprint density at radius 2 is 2.33 bits per heavy atom. The van der Waals surface area contributed by atoms with Crippen LogP contribution in [0.15, 0.2) is 36.9 Å². The maximum absolute atomic E-state index is 5.78. The summed E-state index contributed by atoms with van der Waals surface area (Å²) in [7, 11) is 7.40. The van der Waals surface area contributed by atoms with Crippen LogP contribution in [0.2, 0.25) is 0 Å². The first kappa shape index (κ1) is 11.9. The zero-order valence-electron chi connectivity index (χ0n) is 8.99. The van der Waals surface area contributed by atoms with Crippen molar-refractivity contribution in [1.82, 2.24) is 0 Å². The molecule has 1 heterocycles. The fraction of sp³-hybridized carbons (Fsp3) is 0.167. The molecule has 0 N–H and O–H groups in total. The van der Waals surface area contributed by atoms with Crippen LogP contribution in [0.1, 0.15) is 11.8 Å². The fourth-order valence-electron chi connectivity index (χ4n) is 1.14. The van der Waals surface area contributed by atoms with E-state index in [1.54, 1.807) is 7.11 Å². The first-order valence-corrected chi connectivity index (χ1v) is 5.43. The van der Waals surface area contributed by atoms with Crippen LogP contribution in [0.25, 0.3) is 5.57 Å². The molecule has 0 aliphatic carbocycles. The molecule has 1 rings (SSSR count). The number of ether oxygens (including phenoxy) is 1. The van der Waals surface area contributed by atoms with Gasteiger partial charge in [0.15, 0.2) is 5.06 Å². The lowest BCUT2D eigenvalue weighted by atomic mass is 9.98. The van der Waals surface area contributed by atoms with Crippen molar-refractivity contribution in [2.45, 2.75) is 6.92 Å². The average Bonchev–Trinajstić information content (AvgIpc) is 2.61. The Morgan fingerprint density at radius 1 is 1.60 bits per heavy atom. The second-order valence-electron chi connectivity index (χ2n) is 2.91. The standard InChI is InChI=1S/C12H13BOS/c1-4-6-7-9(5-2)11-8-10(13)12(14-3)15-11/h4-8H,2H2,1,3H3/b6-4-,9-7+. The number of thiophene rings is 1. The van der Waals surface area contributed by atoms with Crippen LogP contribution in [0.5, 0.6) is 5.06 Å². The van der Waals surface area contributed by atoms with Gasteiger partial charge in [-0.3, -0.25) is 0 Å². The maximum Gasteiger partial charge on any atom is 0.166 e. The molecule has 0 aliphatic rings. The second-order valence-corrected chi connectivity index (χ2v) is 3.92. The normalized spacial score (nSPS) is 12.0. The SMILES string of the molecule is [B]c1cc(/C(C=C)=C/C=C\C)sc1OC. The lowest BCUT2D eigenvalue weighted by Crippen LogP contribution is -2.00. The molecule has 0 amide bonds. The second kappa shape index (κ2) is 5.61. The van der Waals surface area contributed by atoms with Crippen molar-refractivity contribution in [3.8, 4) is 5.06 Å². The molecule has 0 aromatic carbocycles. The molecule has 0 bridgehead atoms. The zero-order chi connectivity index (χ0) is 11.3. The molecule has 3 heteroatoms. The molecule has 15 heavy (non-hydrogen) atoms. The van der Waals surface area contributed by atoms with E-state index in [4.69, 9.17) is 12.6 Å². The molecule has 2 radical (unpaired) electrons. The Hall–Kier alpha value is -1.22. The highest BCUT2D eigenvalue weighted by molar-refractivity contribution is 7.16. The predicted octanol–water partition coefficient (Wildman–Crippen LogP) is 2.70. The topological polar surface area (TPSA) is 9.23 Å². The summed E-state index contributed by atoms with van der Waals surface area (Å²) in [6, 6.07) is 1.90. The largest absolute Gasteiger partial charge is 0.488 e. The molecular formula is C12H13BOS. The van der Waals surface area contributed by atoms with E-state index in [-0.39, 0.29) is 0 Å². The summed E-state index contributed by atoms with van der Waals surface area (Å²) in [6.07, 6.45) is 7.75. The fourth-order valence-corrected chi connectivity index (χ4v) is 2.06. The molecular weight excluding hydrogens is 203 g/mol. The monoisotopic (exact) mass is 216 g/mol. The molecule has 1 aromatic heterocycles. The van der Waals surface area contributed by atoms with Crippen molar-refractivity contribution in [2.24, 2.45) is 0 Å². The van der Waals surface area contributed by atoms with Crippen molar-refractivity contribution < 1.29 is 4.74 Å². The van der Waals surface area contributed by atoms with Gasteiger partial charge in [0.1, 0.15) is 7.85 Å². The van der Waals surface area contributed by atoms with Gasteiger partial charge < -0.3 is 4.74 Å². The van der Waals surface area contributed by atoms with Gasteiger partial charge >= 0.3 is 0 Å². The van der Waals surface area contributed by atoms with E-state index in [2.05, 4.69) is 6.58 Å². The summed E-state index contributed by atoms with van der Waals surface area (Å²) < 4.78 is 5.14. The highest BCUT2D eigenvalue weighted by atomic mass is 32.1. The lowest BCUT2D eigenvalue weighted by Gasteiger charge is -1.95. The minimum Gasteiger partial charge on any atom is -0.488 e. The quantitative estimate of drug-likeness (QED) is 0.555. The van der Waals surface area contributed by atoms with E-state index in [0.717, 1.165) is 15.5 Å². The number of hydrogen-bond acceptors (Lipinski definition) is 2. The van der Waals surface area contributed by atoms with Crippen LogP contribution in [0.4, 0.5) is 0 Å². The third kappa shape index (κ3) is 2.86. The zero-order valence-corrected chi connectivity index (χ0v) is 9.80. The van der Waals surface area contributed by atoms with Crippen LogP contribution in [-0.4, -0.2) is 15.0 Å². The third-order valence-corrected chi connectivity index (χ3v) is 3.04. The summed E-state index contributed by atoms with van der Waals surface area (Å²) in [5, 5.41) is 0.748. The first-order chi connectivity index (χ1) is 7.22. The molecule has 1 aromatic rings. The van der Waals surface area contributed by atoms with E-state index in [1.807, 2.05) is 37.3 Å². The Bertz CT molecular complexity index is 402. The Kier molecular flexibility index (Phi) is 4.44. The number of hydrogen-bond donors (Lipinski definition) is 0. The molecule has 0 fully saturated rings. The maximum atomic E-state index is 5.78. The van der Waals surface area contributed by atoms with Crippen molar-refractivity contribution >= 4 is 30.2 Å². The van der Waals surface area contributed by atoms with Gasteiger partial charge in [0.2, 0.25) is 0 Å². The number of allylic oxidation sites excluding steroid dienone is 5. The minimum atomic E-state index is 0.672. The van der Waals surface area contributed by atoms with Crippen LogP contribution < -0.4 is 10.2 Å². The molecule has 0 unspecified atom stereocenters. The van der Waals surface area contributed by atoms with E-state index in [0.29, 0.717) is 5.46 Å². The molecule has 0 atom stereocenters. The molecule has 0 aliphatic heterocycles. The third-order valence-electron chi connectivity index (χ3n) is 1.88. The highest BCUT2D eigenvalue weighted by Crippen LogP contribution is 2.27.